The van der Waals surface area contributed by atoms with Gasteiger partial charge in [0.25, 0.3) is 0 Å². The zero-order chi connectivity index (χ0) is 9.53. The second-order valence-corrected chi connectivity index (χ2v) is 5.18. The standard InChI is InChI=1S/C12H18O/c1-11-6-3-4-7-12(2,10(11)13)9-5-8-11/h3-4H,5-9H2,1-2H3/t11-,12+. The van der Waals surface area contributed by atoms with Crippen LogP contribution in [0.15, 0.2) is 12.2 Å². The Bertz CT molecular complexity index is 242. The molecule has 72 valence electrons. The smallest absolute Gasteiger partial charge is 0.145 e. The monoisotopic (exact) mass is 178 g/mol. The summed E-state index contributed by atoms with van der Waals surface area (Å²) in [6.07, 6.45) is 9.73. The molecule has 1 saturated carbocycles. The van der Waals surface area contributed by atoms with Crippen molar-refractivity contribution in [1.82, 2.24) is 0 Å². The minimum atomic E-state index is -0.0417. The molecule has 1 nitrogen and oxygen atoms in total. The third-order valence-corrected chi connectivity index (χ3v) is 3.86. The van der Waals surface area contributed by atoms with Gasteiger partial charge in [-0.25, -0.2) is 0 Å². The zero-order valence-corrected chi connectivity index (χ0v) is 8.60. The summed E-state index contributed by atoms with van der Waals surface area (Å²) in [6, 6.07) is 0. The average Bonchev–Trinajstić information content (AvgIpc) is 2.18. The van der Waals surface area contributed by atoms with Gasteiger partial charge < -0.3 is 0 Å². The number of Topliss-reactive ketones (excluding diaryl/α,β-unsaturated/α-hetero) is 1. The Labute approximate surface area is 80.2 Å². The maximum atomic E-state index is 12.2. The minimum Gasteiger partial charge on any atom is -0.298 e. The van der Waals surface area contributed by atoms with Crippen LogP contribution >= 0.6 is 0 Å². The average molecular weight is 178 g/mol. The first-order valence-electron chi connectivity index (χ1n) is 5.27. The van der Waals surface area contributed by atoms with Crippen molar-refractivity contribution >= 4 is 5.78 Å². The molecule has 0 saturated heterocycles. The maximum Gasteiger partial charge on any atom is 0.145 e. The predicted octanol–water partition coefficient (Wildman–Crippen LogP) is 3.10. The van der Waals surface area contributed by atoms with Crippen LogP contribution in [0.5, 0.6) is 0 Å². The van der Waals surface area contributed by atoms with Crippen molar-refractivity contribution in [2.75, 3.05) is 0 Å². The van der Waals surface area contributed by atoms with Gasteiger partial charge >= 0.3 is 0 Å². The first-order valence-corrected chi connectivity index (χ1v) is 5.27. The molecule has 0 aromatic rings. The van der Waals surface area contributed by atoms with E-state index < -0.39 is 0 Å². The van der Waals surface area contributed by atoms with Crippen molar-refractivity contribution in [3.05, 3.63) is 12.2 Å². The highest BCUT2D eigenvalue weighted by atomic mass is 16.1. The van der Waals surface area contributed by atoms with Gasteiger partial charge in [0.1, 0.15) is 5.78 Å². The number of fused-ring (bicyclic) bond motifs is 2. The molecular weight excluding hydrogens is 160 g/mol. The van der Waals surface area contributed by atoms with Gasteiger partial charge in [0.2, 0.25) is 0 Å². The van der Waals surface area contributed by atoms with Crippen LogP contribution in [0.25, 0.3) is 0 Å². The van der Waals surface area contributed by atoms with Gasteiger partial charge in [0.05, 0.1) is 0 Å². The van der Waals surface area contributed by atoms with Crippen molar-refractivity contribution < 1.29 is 4.79 Å². The first kappa shape index (κ1) is 8.98. The third kappa shape index (κ3) is 1.25. The highest BCUT2D eigenvalue weighted by Gasteiger charge is 2.47. The lowest BCUT2D eigenvalue weighted by atomic mass is 9.61. The van der Waals surface area contributed by atoms with E-state index in [1.165, 1.54) is 6.42 Å². The Morgan fingerprint density at radius 1 is 1.08 bits per heavy atom. The largest absolute Gasteiger partial charge is 0.298 e. The van der Waals surface area contributed by atoms with E-state index in [1.807, 2.05) is 0 Å². The summed E-state index contributed by atoms with van der Waals surface area (Å²) in [4.78, 5) is 12.2. The molecule has 2 aliphatic rings. The Morgan fingerprint density at radius 3 is 2.00 bits per heavy atom. The van der Waals surface area contributed by atoms with Crippen LogP contribution in [0.1, 0.15) is 46.0 Å². The van der Waals surface area contributed by atoms with E-state index in [4.69, 9.17) is 0 Å². The van der Waals surface area contributed by atoms with Crippen molar-refractivity contribution in [1.29, 1.82) is 0 Å². The molecule has 0 heterocycles. The fourth-order valence-corrected chi connectivity index (χ4v) is 2.90. The Morgan fingerprint density at radius 2 is 1.54 bits per heavy atom. The lowest BCUT2D eigenvalue weighted by molar-refractivity contribution is -0.141. The Kier molecular flexibility index (Phi) is 1.86. The van der Waals surface area contributed by atoms with E-state index in [2.05, 4.69) is 26.0 Å². The molecule has 1 heteroatoms. The molecule has 2 atom stereocenters. The van der Waals surface area contributed by atoms with Gasteiger partial charge in [-0.2, -0.15) is 0 Å². The number of carbonyl (C=O) groups excluding carboxylic acids is 1. The summed E-state index contributed by atoms with van der Waals surface area (Å²) < 4.78 is 0. The lowest BCUT2D eigenvalue weighted by Crippen LogP contribution is -2.42. The zero-order valence-electron chi connectivity index (χ0n) is 8.60. The van der Waals surface area contributed by atoms with Crippen molar-refractivity contribution in [2.24, 2.45) is 10.8 Å². The maximum absolute atomic E-state index is 12.2. The summed E-state index contributed by atoms with van der Waals surface area (Å²) in [5, 5.41) is 0. The molecule has 0 radical (unpaired) electrons. The van der Waals surface area contributed by atoms with Crippen LogP contribution in [0.4, 0.5) is 0 Å². The molecule has 2 aliphatic carbocycles. The fourth-order valence-electron chi connectivity index (χ4n) is 2.90. The van der Waals surface area contributed by atoms with Crippen LogP contribution in [0, 0.1) is 10.8 Å². The van der Waals surface area contributed by atoms with Crippen molar-refractivity contribution in [3.63, 3.8) is 0 Å². The summed E-state index contributed by atoms with van der Waals surface area (Å²) in [6.45, 7) is 4.28. The van der Waals surface area contributed by atoms with Gasteiger partial charge in [-0.05, 0) is 25.7 Å². The molecule has 0 aromatic heterocycles. The van der Waals surface area contributed by atoms with Crippen molar-refractivity contribution in [3.8, 4) is 0 Å². The van der Waals surface area contributed by atoms with Crippen LogP contribution < -0.4 is 0 Å². The van der Waals surface area contributed by atoms with Gasteiger partial charge in [0.15, 0.2) is 0 Å². The second kappa shape index (κ2) is 2.70. The van der Waals surface area contributed by atoms with Crippen LogP contribution in [0.2, 0.25) is 0 Å². The van der Waals surface area contributed by atoms with E-state index >= 15 is 0 Å². The molecule has 2 rings (SSSR count). The molecular formula is C12H18O. The van der Waals surface area contributed by atoms with Crippen LogP contribution in [0.3, 0.4) is 0 Å². The molecule has 13 heavy (non-hydrogen) atoms. The molecule has 0 spiro atoms. The first-order chi connectivity index (χ1) is 6.07. The van der Waals surface area contributed by atoms with Crippen molar-refractivity contribution in [2.45, 2.75) is 46.0 Å². The minimum absolute atomic E-state index is 0.0417. The summed E-state index contributed by atoms with van der Waals surface area (Å²) in [7, 11) is 0. The predicted molar refractivity (Wildman–Crippen MR) is 53.4 cm³/mol. The van der Waals surface area contributed by atoms with Gasteiger partial charge in [-0.3, -0.25) is 4.79 Å². The summed E-state index contributed by atoms with van der Waals surface area (Å²) >= 11 is 0. The summed E-state index contributed by atoms with van der Waals surface area (Å²) in [5.41, 5.74) is -0.0833. The van der Waals surface area contributed by atoms with Gasteiger partial charge in [0, 0.05) is 10.8 Å². The molecule has 0 unspecified atom stereocenters. The molecule has 0 aliphatic heterocycles. The van der Waals surface area contributed by atoms with E-state index in [9.17, 15) is 4.79 Å². The molecule has 0 amide bonds. The second-order valence-electron chi connectivity index (χ2n) is 5.18. The fraction of sp³-hybridized carbons (Fsp3) is 0.750. The Balaban J connectivity index is 2.40. The number of carbonyl (C=O) groups is 1. The van der Waals surface area contributed by atoms with E-state index in [0.717, 1.165) is 25.7 Å². The van der Waals surface area contributed by atoms with Gasteiger partial charge in [-0.15, -0.1) is 0 Å². The normalized spacial score (nSPS) is 44.6. The van der Waals surface area contributed by atoms with E-state index in [1.54, 1.807) is 0 Å². The third-order valence-electron chi connectivity index (χ3n) is 3.86. The SMILES string of the molecule is C[C@]12CC=CC[C@](C)(CCC1)C2=O. The number of hydrogen-bond acceptors (Lipinski definition) is 1. The number of hydrogen-bond donors (Lipinski definition) is 0. The molecule has 1 fully saturated rings. The number of ketones is 1. The highest BCUT2D eigenvalue weighted by molar-refractivity contribution is 5.91. The van der Waals surface area contributed by atoms with Gasteiger partial charge in [-0.1, -0.05) is 32.4 Å². The molecule has 0 N–H and O–H groups in total. The lowest BCUT2D eigenvalue weighted by Gasteiger charge is -2.40. The topological polar surface area (TPSA) is 17.1 Å². The molecule has 2 bridgehead atoms. The highest BCUT2D eigenvalue weighted by Crippen LogP contribution is 2.48. The molecule has 0 aromatic carbocycles. The van der Waals surface area contributed by atoms with E-state index in [-0.39, 0.29) is 10.8 Å². The van der Waals surface area contributed by atoms with E-state index in [0.29, 0.717) is 5.78 Å². The Hall–Kier alpha value is -0.590. The van der Waals surface area contributed by atoms with Crippen LogP contribution in [-0.2, 0) is 4.79 Å². The summed E-state index contributed by atoms with van der Waals surface area (Å²) in [5.74, 6) is 0.510. The number of rotatable bonds is 0. The quantitative estimate of drug-likeness (QED) is 0.521. The number of allylic oxidation sites excluding steroid dienone is 2. The van der Waals surface area contributed by atoms with Crippen LogP contribution in [-0.4, -0.2) is 5.78 Å².